The van der Waals surface area contributed by atoms with Gasteiger partial charge in [0.2, 0.25) is 0 Å². The van der Waals surface area contributed by atoms with Gasteiger partial charge in [0.1, 0.15) is 5.92 Å². The van der Waals surface area contributed by atoms with Crippen LogP contribution in [-0.2, 0) is 9.53 Å². The number of likely N-dealkylation sites (N-methyl/N-ethyl adjacent to an activating group) is 2. The van der Waals surface area contributed by atoms with Crippen LogP contribution in [0.4, 0.5) is 4.79 Å². The summed E-state index contributed by atoms with van der Waals surface area (Å²) in [5, 5.41) is 9.27. The van der Waals surface area contributed by atoms with Gasteiger partial charge >= 0.3 is 12.0 Å². The molecule has 0 aromatic heterocycles. The number of urea groups is 1. The average Bonchev–Trinajstić information content (AvgIpc) is 2.88. The molecule has 0 aromatic carbocycles. The van der Waals surface area contributed by atoms with Crippen LogP contribution in [0.5, 0.6) is 0 Å². The number of carboxylic acid groups (broad SMARTS) is 1. The first kappa shape index (κ1) is 16.0. The molecule has 2 aliphatic rings. The summed E-state index contributed by atoms with van der Waals surface area (Å²) in [6, 6.07) is -0.303. The fourth-order valence-corrected chi connectivity index (χ4v) is 3.19. The molecular formula is C14H25N3O4. The lowest BCUT2D eigenvalue weighted by molar-refractivity contribution is -0.142. The molecule has 3 unspecified atom stereocenters. The number of rotatable bonds is 3. The number of carbonyl (C=O) groups is 2. The number of nitrogens with zero attached hydrogens (tertiary/aromatic N) is 3. The number of ether oxygens (including phenoxy) is 1. The van der Waals surface area contributed by atoms with Gasteiger partial charge in [-0.05, 0) is 20.9 Å². The molecule has 0 aliphatic carbocycles. The van der Waals surface area contributed by atoms with Gasteiger partial charge in [-0.25, -0.2) is 4.79 Å². The number of aliphatic carboxylic acids is 1. The second kappa shape index (κ2) is 6.62. The Morgan fingerprint density at radius 1 is 1.33 bits per heavy atom. The van der Waals surface area contributed by atoms with Crippen LogP contribution < -0.4 is 0 Å². The van der Waals surface area contributed by atoms with Crippen LogP contribution in [0.1, 0.15) is 13.8 Å². The van der Waals surface area contributed by atoms with Crippen molar-refractivity contribution >= 4 is 12.0 Å². The zero-order valence-electron chi connectivity index (χ0n) is 13.0. The van der Waals surface area contributed by atoms with Crippen LogP contribution in [0.25, 0.3) is 0 Å². The summed E-state index contributed by atoms with van der Waals surface area (Å²) >= 11 is 0. The van der Waals surface area contributed by atoms with Crippen molar-refractivity contribution < 1.29 is 19.4 Å². The number of carbonyl (C=O) groups excluding carboxylic acids is 1. The Kier molecular flexibility index (Phi) is 5.05. The lowest BCUT2D eigenvalue weighted by Crippen LogP contribution is -2.59. The molecule has 2 rings (SSSR count). The average molecular weight is 299 g/mol. The molecule has 7 heteroatoms. The van der Waals surface area contributed by atoms with E-state index in [1.807, 2.05) is 25.8 Å². The fourth-order valence-electron chi connectivity index (χ4n) is 3.19. The topological polar surface area (TPSA) is 73.3 Å². The van der Waals surface area contributed by atoms with Crippen molar-refractivity contribution in [3.8, 4) is 0 Å². The van der Waals surface area contributed by atoms with Gasteiger partial charge in [-0.2, -0.15) is 0 Å². The van der Waals surface area contributed by atoms with Crippen LogP contribution in [0.2, 0.25) is 0 Å². The minimum atomic E-state index is -0.893. The van der Waals surface area contributed by atoms with E-state index in [1.54, 1.807) is 4.90 Å². The molecule has 0 saturated carbocycles. The van der Waals surface area contributed by atoms with Crippen molar-refractivity contribution in [2.45, 2.75) is 25.9 Å². The quantitative estimate of drug-likeness (QED) is 0.804. The fraction of sp³-hybridized carbons (Fsp3) is 0.857. The van der Waals surface area contributed by atoms with E-state index in [2.05, 4.69) is 4.90 Å². The van der Waals surface area contributed by atoms with Gasteiger partial charge in [-0.1, -0.05) is 0 Å². The molecule has 2 heterocycles. The summed E-state index contributed by atoms with van der Waals surface area (Å²) < 4.78 is 5.29. The zero-order valence-corrected chi connectivity index (χ0v) is 13.0. The maximum atomic E-state index is 12.8. The summed E-state index contributed by atoms with van der Waals surface area (Å²) in [6.45, 7) is 7.26. The van der Waals surface area contributed by atoms with E-state index in [9.17, 15) is 14.7 Å². The highest BCUT2D eigenvalue weighted by atomic mass is 16.5. The van der Waals surface area contributed by atoms with Crippen LogP contribution in [0.15, 0.2) is 0 Å². The zero-order chi connectivity index (χ0) is 15.6. The SMILES string of the molecule is CCN(C(=O)N1CCN(C)CC1C)C1COCC1C(=O)O. The van der Waals surface area contributed by atoms with Crippen LogP contribution in [-0.4, -0.2) is 90.3 Å². The Hall–Kier alpha value is -1.34. The van der Waals surface area contributed by atoms with Crippen molar-refractivity contribution in [3.63, 3.8) is 0 Å². The molecule has 0 aromatic rings. The predicted octanol–water partition coefficient (Wildman–Crippen LogP) is 0.164. The Morgan fingerprint density at radius 3 is 2.62 bits per heavy atom. The van der Waals surface area contributed by atoms with Gasteiger partial charge in [-0.15, -0.1) is 0 Å². The van der Waals surface area contributed by atoms with E-state index in [0.717, 1.165) is 13.1 Å². The minimum Gasteiger partial charge on any atom is -0.481 e. The Labute approximate surface area is 125 Å². The van der Waals surface area contributed by atoms with Gasteiger partial charge in [0, 0.05) is 32.2 Å². The van der Waals surface area contributed by atoms with Gasteiger partial charge in [-0.3, -0.25) is 4.79 Å². The Morgan fingerprint density at radius 2 is 2.05 bits per heavy atom. The lowest BCUT2D eigenvalue weighted by atomic mass is 10.0. The predicted molar refractivity (Wildman–Crippen MR) is 77.2 cm³/mol. The second-order valence-corrected chi connectivity index (χ2v) is 5.92. The molecule has 2 fully saturated rings. The molecule has 120 valence electrons. The highest BCUT2D eigenvalue weighted by Gasteiger charge is 2.41. The summed E-state index contributed by atoms with van der Waals surface area (Å²) in [6.07, 6.45) is 0. The third kappa shape index (κ3) is 3.29. The second-order valence-electron chi connectivity index (χ2n) is 5.92. The van der Waals surface area contributed by atoms with Crippen molar-refractivity contribution in [2.75, 3.05) is 46.4 Å². The molecule has 0 radical (unpaired) electrons. The van der Waals surface area contributed by atoms with Gasteiger partial charge in [0.05, 0.1) is 19.3 Å². The smallest absolute Gasteiger partial charge is 0.320 e. The van der Waals surface area contributed by atoms with Gasteiger partial charge in [0.15, 0.2) is 0 Å². The first-order chi connectivity index (χ1) is 9.95. The minimum absolute atomic E-state index is 0.0696. The number of amides is 2. The standard InChI is InChI=1S/C14H25N3O4/c1-4-16(12-9-21-8-11(12)13(18)19)14(20)17-6-5-15(3)7-10(17)2/h10-12H,4-9H2,1-3H3,(H,18,19). The number of piperazine rings is 1. The number of hydrogen-bond donors (Lipinski definition) is 1. The van der Waals surface area contributed by atoms with E-state index in [-0.39, 0.29) is 24.7 Å². The van der Waals surface area contributed by atoms with Crippen molar-refractivity contribution in [3.05, 3.63) is 0 Å². The molecule has 2 saturated heterocycles. The number of hydrogen-bond acceptors (Lipinski definition) is 4. The highest BCUT2D eigenvalue weighted by molar-refractivity contribution is 5.77. The first-order valence-corrected chi connectivity index (χ1v) is 7.52. The normalized spacial score (nSPS) is 30.4. The Bertz CT molecular complexity index is 404. The summed E-state index contributed by atoms with van der Waals surface area (Å²) in [5.74, 6) is -1.52. The van der Waals surface area contributed by atoms with E-state index >= 15 is 0 Å². The van der Waals surface area contributed by atoms with Crippen LogP contribution in [0.3, 0.4) is 0 Å². The molecule has 1 N–H and O–H groups in total. The van der Waals surface area contributed by atoms with Gasteiger partial charge in [0.25, 0.3) is 0 Å². The molecule has 21 heavy (non-hydrogen) atoms. The third-order valence-corrected chi connectivity index (χ3v) is 4.43. The van der Waals surface area contributed by atoms with Crippen LogP contribution in [0, 0.1) is 5.92 Å². The lowest BCUT2D eigenvalue weighted by Gasteiger charge is -2.42. The van der Waals surface area contributed by atoms with Crippen molar-refractivity contribution in [1.29, 1.82) is 0 Å². The molecule has 2 amide bonds. The summed E-state index contributed by atoms with van der Waals surface area (Å²) in [5.41, 5.74) is 0. The highest BCUT2D eigenvalue weighted by Crippen LogP contribution is 2.22. The largest absolute Gasteiger partial charge is 0.481 e. The molecular weight excluding hydrogens is 274 g/mol. The molecule has 7 nitrogen and oxygen atoms in total. The summed E-state index contributed by atoms with van der Waals surface area (Å²) in [4.78, 5) is 29.8. The van der Waals surface area contributed by atoms with Crippen molar-refractivity contribution in [1.82, 2.24) is 14.7 Å². The molecule has 0 bridgehead atoms. The first-order valence-electron chi connectivity index (χ1n) is 7.52. The maximum absolute atomic E-state index is 12.8. The van der Waals surface area contributed by atoms with Crippen LogP contribution >= 0.6 is 0 Å². The molecule has 2 aliphatic heterocycles. The van der Waals surface area contributed by atoms with E-state index in [0.29, 0.717) is 19.7 Å². The van der Waals surface area contributed by atoms with E-state index in [1.165, 1.54) is 0 Å². The van der Waals surface area contributed by atoms with E-state index in [4.69, 9.17) is 4.74 Å². The number of carboxylic acids is 1. The van der Waals surface area contributed by atoms with E-state index < -0.39 is 11.9 Å². The third-order valence-electron chi connectivity index (χ3n) is 4.43. The Balaban J connectivity index is 2.09. The monoisotopic (exact) mass is 299 g/mol. The molecule has 3 atom stereocenters. The summed E-state index contributed by atoms with van der Waals surface area (Å²) in [7, 11) is 2.04. The van der Waals surface area contributed by atoms with Crippen molar-refractivity contribution in [2.24, 2.45) is 5.92 Å². The molecule has 0 spiro atoms. The van der Waals surface area contributed by atoms with Gasteiger partial charge < -0.3 is 24.5 Å². The maximum Gasteiger partial charge on any atom is 0.320 e.